The summed E-state index contributed by atoms with van der Waals surface area (Å²) in [6.45, 7) is 7.17. The summed E-state index contributed by atoms with van der Waals surface area (Å²) < 4.78 is 1.50. The molecule has 1 aromatic rings. The highest BCUT2D eigenvalue weighted by Gasteiger charge is 2.08. The van der Waals surface area contributed by atoms with Crippen molar-refractivity contribution in [1.29, 1.82) is 0 Å². The molecule has 16 heavy (non-hydrogen) atoms. The van der Waals surface area contributed by atoms with E-state index in [1.165, 1.54) is 4.57 Å². The smallest absolute Gasteiger partial charge is 0.348 e. The molecule has 2 N–H and O–H groups in total. The van der Waals surface area contributed by atoms with Crippen molar-refractivity contribution in [2.24, 2.45) is 0 Å². The first-order valence-corrected chi connectivity index (χ1v) is 5.48. The van der Waals surface area contributed by atoms with Gasteiger partial charge in [-0.3, -0.25) is 4.57 Å². The fourth-order valence-corrected chi connectivity index (χ4v) is 1.58. The average Bonchev–Trinajstić information content (AvgIpc) is 2.20. The van der Waals surface area contributed by atoms with Crippen LogP contribution in [0.5, 0.6) is 0 Å². The summed E-state index contributed by atoms with van der Waals surface area (Å²) in [6, 6.07) is 1.83. The predicted molar refractivity (Wildman–Crippen MR) is 62.5 cm³/mol. The molecule has 0 amide bonds. The third-order valence-corrected chi connectivity index (χ3v) is 2.37. The maximum atomic E-state index is 11.6. The highest BCUT2D eigenvalue weighted by atomic mass is 16.3. The average molecular weight is 225 g/mol. The molecule has 0 saturated heterocycles. The van der Waals surface area contributed by atoms with Crippen molar-refractivity contribution in [3.8, 4) is 0 Å². The van der Waals surface area contributed by atoms with Crippen LogP contribution in [0.3, 0.4) is 0 Å². The quantitative estimate of drug-likeness (QED) is 0.730. The first kappa shape index (κ1) is 12.9. The Morgan fingerprint density at radius 2 is 2.25 bits per heavy atom. The number of aliphatic hydroxyl groups excluding tert-OH is 1. The molecule has 0 radical (unpaired) electrons. The summed E-state index contributed by atoms with van der Waals surface area (Å²) >= 11 is 0. The minimum atomic E-state index is -0.569. The number of hydrogen-bond acceptors (Lipinski definition) is 4. The zero-order chi connectivity index (χ0) is 12.1. The Morgan fingerprint density at radius 1 is 1.56 bits per heavy atom. The van der Waals surface area contributed by atoms with E-state index in [-0.39, 0.29) is 12.2 Å². The highest BCUT2D eigenvalue weighted by Crippen LogP contribution is 1.98. The van der Waals surface area contributed by atoms with Crippen LogP contribution in [0.25, 0.3) is 0 Å². The number of nitrogens with zero attached hydrogens (tertiary/aromatic N) is 2. The molecule has 0 aliphatic rings. The van der Waals surface area contributed by atoms with Crippen molar-refractivity contribution in [3.05, 3.63) is 27.9 Å². The number of hydrogen-bond donors (Lipinski definition) is 2. The molecule has 0 aromatic carbocycles. The molecule has 1 heterocycles. The van der Waals surface area contributed by atoms with E-state index >= 15 is 0 Å². The zero-order valence-electron chi connectivity index (χ0n) is 10.0. The summed E-state index contributed by atoms with van der Waals surface area (Å²) in [5, 5.41) is 12.7. The molecule has 0 saturated carbocycles. The van der Waals surface area contributed by atoms with Crippen LogP contribution >= 0.6 is 0 Å². The molecule has 0 bridgehead atoms. The maximum Gasteiger partial charge on any atom is 0.348 e. The maximum absolute atomic E-state index is 11.6. The Labute approximate surface area is 95.1 Å². The molecule has 1 rings (SSSR count). The summed E-state index contributed by atoms with van der Waals surface area (Å²) in [5.41, 5.74) is 1.24. The molecule has 90 valence electrons. The third-order valence-electron chi connectivity index (χ3n) is 2.37. The van der Waals surface area contributed by atoms with Crippen LogP contribution < -0.4 is 11.0 Å². The van der Waals surface area contributed by atoms with Gasteiger partial charge in [0.05, 0.1) is 12.6 Å². The largest absolute Gasteiger partial charge is 0.390 e. The fourth-order valence-electron chi connectivity index (χ4n) is 1.58. The van der Waals surface area contributed by atoms with E-state index in [1.807, 2.05) is 19.9 Å². The van der Waals surface area contributed by atoms with Crippen LogP contribution in [0.4, 0.5) is 0 Å². The Morgan fingerprint density at radius 3 is 2.81 bits per heavy atom. The molecule has 1 unspecified atom stereocenters. The molecule has 0 aliphatic heterocycles. The van der Waals surface area contributed by atoms with Gasteiger partial charge in [-0.1, -0.05) is 6.92 Å². The second kappa shape index (κ2) is 5.77. The van der Waals surface area contributed by atoms with Gasteiger partial charge in [-0.05, 0) is 26.5 Å². The summed E-state index contributed by atoms with van der Waals surface area (Å²) in [4.78, 5) is 15.4. The van der Waals surface area contributed by atoms with Crippen LogP contribution in [0.15, 0.2) is 10.9 Å². The standard InChI is InChI=1S/C11H19N3O2/c1-4-12-6-10(15)7-14-9(3)5-8(2)13-11(14)16/h5,10,12,15H,4,6-7H2,1-3H3. The SMILES string of the molecule is CCNCC(O)Cn1c(C)cc(C)nc1=O. The molecule has 5 nitrogen and oxygen atoms in total. The van der Waals surface area contributed by atoms with Crippen molar-refractivity contribution < 1.29 is 5.11 Å². The molecular formula is C11H19N3O2. The van der Waals surface area contributed by atoms with Crippen molar-refractivity contribution in [1.82, 2.24) is 14.9 Å². The minimum Gasteiger partial charge on any atom is -0.390 e. The molecule has 0 fully saturated rings. The third kappa shape index (κ3) is 3.43. The first-order valence-electron chi connectivity index (χ1n) is 5.48. The molecule has 1 atom stereocenters. The normalized spacial score (nSPS) is 12.8. The van der Waals surface area contributed by atoms with Crippen LogP contribution in [-0.2, 0) is 6.54 Å². The number of rotatable bonds is 5. The second-order valence-electron chi connectivity index (χ2n) is 3.89. The minimum absolute atomic E-state index is 0.283. The van der Waals surface area contributed by atoms with Crippen molar-refractivity contribution in [2.45, 2.75) is 33.4 Å². The van der Waals surface area contributed by atoms with Crippen molar-refractivity contribution >= 4 is 0 Å². The predicted octanol–water partition coefficient (Wildman–Crippen LogP) is -0.169. The van der Waals surface area contributed by atoms with Crippen molar-refractivity contribution in [3.63, 3.8) is 0 Å². The van der Waals surface area contributed by atoms with E-state index in [2.05, 4.69) is 10.3 Å². The molecule has 1 aromatic heterocycles. The zero-order valence-corrected chi connectivity index (χ0v) is 10.0. The highest BCUT2D eigenvalue weighted by molar-refractivity contribution is 5.06. The van der Waals surface area contributed by atoms with Gasteiger partial charge in [0.15, 0.2) is 0 Å². The van der Waals surface area contributed by atoms with Gasteiger partial charge in [0.25, 0.3) is 0 Å². The van der Waals surface area contributed by atoms with Crippen molar-refractivity contribution in [2.75, 3.05) is 13.1 Å². The Hall–Kier alpha value is -1.20. The number of aryl methyl sites for hydroxylation is 2. The van der Waals surface area contributed by atoms with E-state index in [0.29, 0.717) is 12.2 Å². The van der Waals surface area contributed by atoms with Crippen LogP contribution in [-0.4, -0.2) is 33.9 Å². The molecule has 0 spiro atoms. The number of aromatic nitrogens is 2. The van der Waals surface area contributed by atoms with E-state index < -0.39 is 6.10 Å². The Bertz CT molecular complexity index is 401. The topological polar surface area (TPSA) is 67.2 Å². The van der Waals surface area contributed by atoms with Crippen LogP contribution in [0.2, 0.25) is 0 Å². The van der Waals surface area contributed by atoms with Gasteiger partial charge in [-0.25, -0.2) is 4.79 Å². The van der Waals surface area contributed by atoms with E-state index in [4.69, 9.17) is 0 Å². The lowest BCUT2D eigenvalue weighted by atomic mass is 10.3. The Balaban J connectivity index is 2.77. The molecular weight excluding hydrogens is 206 g/mol. The van der Waals surface area contributed by atoms with Gasteiger partial charge in [-0.15, -0.1) is 0 Å². The number of nitrogens with one attached hydrogen (secondary N) is 1. The Kier molecular flexibility index (Phi) is 4.64. The van der Waals surface area contributed by atoms with Gasteiger partial charge in [0.2, 0.25) is 0 Å². The monoisotopic (exact) mass is 225 g/mol. The van der Waals surface area contributed by atoms with Gasteiger partial charge in [0, 0.05) is 17.9 Å². The van der Waals surface area contributed by atoms with Gasteiger partial charge < -0.3 is 10.4 Å². The first-order chi connectivity index (χ1) is 7.54. The number of likely N-dealkylation sites (N-methyl/N-ethyl adjacent to an activating group) is 1. The summed E-state index contributed by atoms with van der Waals surface area (Å²) in [6.07, 6.45) is -0.569. The lowest BCUT2D eigenvalue weighted by Gasteiger charge is -2.14. The lowest BCUT2D eigenvalue weighted by Crippen LogP contribution is -2.35. The molecule has 0 aliphatic carbocycles. The fraction of sp³-hybridized carbons (Fsp3) is 0.636. The van der Waals surface area contributed by atoms with Crippen LogP contribution in [0.1, 0.15) is 18.3 Å². The second-order valence-corrected chi connectivity index (χ2v) is 3.89. The van der Waals surface area contributed by atoms with Gasteiger partial charge in [-0.2, -0.15) is 4.98 Å². The summed E-state index contributed by atoms with van der Waals surface area (Å²) in [5.74, 6) is 0. The van der Waals surface area contributed by atoms with E-state index in [0.717, 1.165) is 12.2 Å². The van der Waals surface area contributed by atoms with E-state index in [9.17, 15) is 9.90 Å². The van der Waals surface area contributed by atoms with Gasteiger partial charge in [0.1, 0.15) is 0 Å². The summed E-state index contributed by atoms with van der Waals surface area (Å²) in [7, 11) is 0. The lowest BCUT2D eigenvalue weighted by molar-refractivity contribution is 0.149. The van der Waals surface area contributed by atoms with E-state index in [1.54, 1.807) is 6.92 Å². The number of aliphatic hydroxyl groups is 1. The molecule has 5 heteroatoms. The van der Waals surface area contributed by atoms with Gasteiger partial charge >= 0.3 is 5.69 Å². The van der Waals surface area contributed by atoms with Crippen LogP contribution in [0, 0.1) is 13.8 Å².